The van der Waals surface area contributed by atoms with Crippen LogP contribution < -0.4 is 5.73 Å². The summed E-state index contributed by atoms with van der Waals surface area (Å²) >= 11 is 0. The van der Waals surface area contributed by atoms with Crippen molar-refractivity contribution in [3.8, 4) is 0 Å². The Bertz CT molecular complexity index is 275. The first-order valence-electron chi connectivity index (χ1n) is 6.69. The second-order valence-corrected chi connectivity index (χ2v) is 5.24. The van der Waals surface area contributed by atoms with E-state index in [1.54, 1.807) is 6.92 Å². The van der Waals surface area contributed by atoms with E-state index in [-0.39, 0.29) is 43.7 Å². The highest BCUT2D eigenvalue weighted by Crippen LogP contribution is 2.31. The number of hydrogen-bond donors (Lipinski definition) is 1. The van der Waals surface area contributed by atoms with Gasteiger partial charge in [-0.1, -0.05) is 0 Å². The van der Waals surface area contributed by atoms with Crippen LogP contribution in [0.4, 0.5) is 0 Å². The molecule has 106 valence electrons. The van der Waals surface area contributed by atoms with Crippen LogP contribution in [0.15, 0.2) is 0 Å². The van der Waals surface area contributed by atoms with E-state index >= 15 is 0 Å². The maximum atomic E-state index is 11.1. The smallest absolute Gasteiger partial charge is 0.132 e. The van der Waals surface area contributed by atoms with Crippen molar-refractivity contribution in [1.82, 2.24) is 0 Å². The van der Waals surface area contributed by atoms with E-state index in [0.717, 1.165) is 32.1 Å². The molecule has 0 bridgehead atoms. The zero-order chi connectivity index (χ0) is 12.3. The number of hydrogen-bond acceptors (Lipinski definition) is 4. The molecule has 0 aromatic rings. The summed E-state index contributed by atoms with van der Waals surface area (Å²) in [4.78, 5) is 11.1. The van der Waals surface area contributed by atoms with Gasteiger partial charge in [0.1, 0.15) is 5.78 Å². The molecule has 2 saturated heterocycles. The standard InChI is InChI=1S/C13H23NO3.H2S/c1-9(15)7-10-5-6-13-12(16-10)4-2-3-11(8-14)17-13;/h10-13H,2-8,14H2,1H3;1H2/t10?,11-,12?,13?;/m0./s1. The topological polar surface area (TPSA) is 61.5 Å². The van der Waals surface area contributed by atoms with E-state index in [1.165, 1.54) is 0 Å². The summed E-state index contributed by atoms with van der Waals surface area (Å²) in [5.74, 6) is 0.211. The van der Waals surface area contributed by atoms with Crippen molar-refractivity contribution in [2.45, 2.75) is 69.9 Å². The third-order valence-electron chi connectivity index (χ3n) is 3.72. The fourth-order valence-corrected chi connectivity index (χ4v) is 2.85. The lowest BCUT2D eigenvalue weighted by atomic mass is 9.96. The Morgan fingerprint density at radius 1 is 1.11 bits per heavy atom. The largest absolute Gasteiger partial charge is 0.372 e. The SMILES string of the molecule is CC(=O)CC1CCC2O[C@H](CN)CCCC2O1.S. The summed E-state index contributed by atoms with van der Waals surface area (Å²) in [7, 11) is 0. The number of carbonyl (C=O) groups is 1. The molecule has 2 N–H and O–H groups in total. The average Bonchev–Trinajstić information content (AvgIpc) is 2.49. The van der Waals surface area contributed by atoms with Gasteiger partial charge >= 0.3 is 0 Å². The van der Waals surface area contributed by atoms with E-state index in [0.29, 0.717) is 13.0 Å². The van der Waals surface area contributed by atoms with Crippen LogP contribution in [0.3, 0.4) is 0 Å². The molecule has 3 unspecified atom stereocenters. The number of rotatable bonds is 3. The first-order valence-corrected chi connectivity index (χ1v) is 6.69. The highest BCUT2D eigenvalue weighted by Gasteiger charge is 2.35. The van der Waals surface area contributed by atoms with Crippen molar-refractivity contribution in [2.24, 2.45) is 5.73 Å². The van der Waals surface area contributed by atoms with Gasteiger partial charge in [-0.05, 0) is 39.0 Å². The molecule has 2 aliphatic heterocycles. The van der Waals surface area contributed by atoms with Gasteiger partial charge in [0.05, 0.1) is 24.4 Å². The monoisotopic (exact) mass is 275 g/mol. The summed E-state index contributed by atoms with van der Waals surface area (Å²) in [6.07, 6.45) is 6.31. The first kappa shape index (κ1) is 16.0. The van der Waals surface area contributed by atoms with E-state index in [2.05, 4.69) is 0 Å². The van der Waals surface area contributed by atoms with Crippen molar-refractivity contribution >= 4 is 19.3 Å². The van der Waals surface area contributed by atoms with Gasteiger partial charge in [0.15, 0.2) is 0 Å². The molecule has 0 spiro atoms. The fourth-order valence-electron chi connectivity index (χ4n) is 2.85. The summed E-state index contributed by atoms with van der Waals surface area (Å²) in [5, 5.41) is 0. The van der Waals surface area contributed by atoms with E-state index in [1.807, 2.05) is 0 Å². The van der Waals surface area contributed by atoms with Crippen molar-refractivity contribution in [2.75, 3.05) is 6.54 Å². The Morgan fingerprint density at radius 3 is 2.44 bits per heavy atom. The number of Topliss-reactive ketones (excluding diaryl/α,β-unsaturated/α-hetero) is 1. The molecule has 2 rings (SSSR count). The summed E-state index contributed by atoms with van der Waals surface area (Å²) in [6.45, 7) is 2.23. The molecule has 18 heavy (non-hydrogen) atoms. The zero-order valence-electron chi connectivity index (χ0n) is 11.1. The molecule has 0 amide bonds. The molecule has 4 nitrogen and oxygen atoms in total. The molecule has 2 aliphatic rings. The Kier molecular flexibility index (Phi) is 6.63. The van der Waals surface area contributed by atoms with Crippen molar-refractivity contribution in [3.05, 3.63) is 0 Å². The fraction of sp³-hybridized carbons (Fsp3) is 0.923. The Labute approximate surface area is 116 Å². The summed E-state index contributed by atoms with van der Waals surface area (Å²) < 4.78 is 12.0. The van der Waals surface area contributed by atoms with Gasteiger partial charge < -0.3 is 15.2 Å². The zero-order valence-corrected chi connectivity index (χ0v) is 12.1. The number of ether oxygens (including phenoxy) is 2. The lowest BCUT2D eigenvalue weighted by Crippen LogP contribution is -2.42. The van der Waals surface area contributed by atoms with Crippen LogP contribution in [0.2, 0.25) is 0 Å². The highest BCUT2D eigenvalue weighted by molar-refractivity contribution is 7.59. The third kappa shape index (κ3) is 4.23. The molecular weight excluding hydrogens is 250 g/mol. The normalized spacial score (nSPS) is 36.1. The molecule has 2 heterocycles. The van der Waals surface area contributed by atoms with Gasteiger partial charge in [-0.3, -0.25) is 4.79 Å². The van der Waals surface area contributed by atoms with E-state index in [9.17, 15) is 4.79 Å². The van der Waals surface area contributed by atoms with Gasteiger partial charge in [0, 0.05) is 13.0 Å². The van der Waals surface area contributed by atoms with E-state index in [4.69, 9.17) is 15.2 Å². The molecule has 5 heteroatoms. The summed E-state index contributed by atoms with van der Waals surface area (Å²) in [6, 6.07) is 0. The number of ketones is 1. The second-order valence-electron chi connectivity index (χ2n) is 5.24. The molecule has 0 aromatic carbocycles. The quantitative estimate of drug-likeness (QED) is 0.848. The minimum absolute atomic E-state index is 0. The van der Waals surface area contributed by atoms with Crippen molar-refractivity contribution < 1.29 is 14.3 Å². The van der Waals surface area contributed by atoms with Crippen LogP contribution in [0.25, 0.3) is 0 Å². The minimum atomic E-state index is 0. The Balaban J connectivity index is 0.00000162. The average molecular weight is 275 g/mol. The highest BCUT2D eigenvalue weighted by atomic mass is 32.1. The molecule has 0 aromatic heterocycles. The number of fused-ring (bicyclic) bond motifs is 1. The Hall–Kier alpha value is -0.100. The van der Waals surface area contributed by atoms with Gasteiger partial charge in [-0.2, -0.15) is 13.5 Å². The molecule has 0 aliphatic carbocycles. The molecule has 2 fully saturated rings. The van der Waals surface area contributed by atoms with Crippen LogP contribution in [0.5, 0.6) is 0 Å². The van der Waals surface area contributed by atoms with Crippen LogP contribution in [-0.4, -0.2) is 36.7 Å². The van der Waals surface area contributed by atoms with Gasteiger partial charge in [-0.25, -0.2) is 0 Å². The van der Waals surface area contributed by atoms with Crippen molar-refractivity contribution in [1.29, 1.82) is 0 Å². The van der Waals surface area contributed by atoms with Gasteiger partial charge in [-0.15, -0.1) is 0 Å². The first-order chi connectivity index (χ1) is 8.19. The van der Waals surface area contributed by atoms with Gasteiger partial charge in [0.25, 0.3) is 0 Å². The predicted octanol–water partition coefficient (Wildman–Crippen LogP) is 1.52. The molecule has 4 atom stereocenters. The molecular formula is C13H25NO3S. The van der Waals surface area contributed by atoms with Crippen LogP contribution in [0.1, 0.15) is 45.4 Å². The van der Waals surface area contributed by atoms with Crippen LogP contribution >= 0.6 is 13.5 Å². The number of nitrogens with two attached hydrogens (primary N) is 1. The Morgan fingerprint density at radius 2 is 1.78 bits per heavy atom. The van der Waals surface area contributed by atoms with Crippen molar-refractivity contribution in [3.63, 3.8) is 0 Å². The van der Waals surface area contributed by atoms with E-state index < -0.39 is 0 Å². The lowest BCUT2D eigenvalue weighted by molar-refractivity contribution is -0.153. The lowest BCUT2D eigenvalue weighted by Gasteiger charge is -2.36. The molecule has 0 saturated carbocycles. The second kappa shape index (κ2) is 7.48. The summed E-state index contributed by atoms with van der Waals surface area (Å²) in [5.41, 5.74) is 5.68. The molecule has 0 radical (unpaired) electrons. The maximum Gasteiger partial charge on any atom is 0.132 e. The van der Waals surface area contributed by atoms with Gasteiger partial charge in [0.2, 0.25) is 0 Å². The third-order valence-corrected chi connectivity index (χ3v) is 3.72. The number of carbonyl (C=O) groups excluding carboxylic acids is 1. The predicted molar refractivity (Wildman–Crippen MR) is 75.1 cm³/mol. The van der Waals surface area contributed by atoms with Crippen LogP contribution in [0, 0.1) is 0 Å². The van der Waals surface area contributed by atoms with Crippen LogP contribution in [-0.2, 0) is 14.3 Å². The minimum Gasteiger partial charge on any atom is -0.372 e. The maximum absolute atomic E-state index is 11.1.